The quantitative estimate of drug-likeness (QED) is 0.488. The van der Waals surface area contributed by atoms with Crippen LogP contribution in [0, 0.1) is 11.3 Å². The van der Waals surface area contributed by atoms with Crippen LogP contribution in [-0.4, -0.2) is 48.1 Å². The van der Waals surface area contributed by atoms with Gasteiger partial charge < -0.3 is 20.9 Å². The lowest BCUT2D eigenvalue weighted by molar-refractivity contribution is 0.157. The molecular formula is C27H34ClN5O. The van der Waals surface area contributed by atoms with Gasteiger partial charge in [-0.25, -0.2) is 4.79 Å². The van der Waals surface area contributed by atoms with E-state index >= 15 is 0 Å². The van der Waals surface area contributed by atoms with E-state index in [1.807, 2.05) is 23.1 Å². The van der Waals surface area contributed by atoms with Crippen LogP contribution in [0.3, 0.4) is 0 Å². The highest BCUT2D eigenvalue weighted by molar-refractivity contribution is 6.33. The molecule has 0 unspecified atom stereocenters. The Balaban J connectivity index is 1.40. The predicted octanol–water partition coefficient (Wildman–Crippen LogP) is 5.84. The first-order chi connectivity index (χ1) is 16.5. The number of halogens is 1. The Morgan fingerprint density at radius 3 is 2.62 bits per heavy atom. The number of amides is 2. The molecule has 4 rings (SSSR count). The number of benzene rings is 2. The van der Waals surface area contributed by atoms with E-state index in [2.05, 4.69) is 22.4 Å². The zero-order chi connectivity index (χ0) is 23.9. The Bertz CT molecular complexity index is 1020. The second-order valence-corrected chi connectivity index (χ2v) is 9.91. The second-order valence-electron chi connectivity index (χ2n) is 9.50. The Morgan fingerprint density at radius 1 is 1.15 bits per heavy atom. The van der Waals surface area contributed by atoms with E-state index < -0.39 is 0 Å². The van der Waals surface area contributed by atoms with Gasteiger partial charge in [-0.2, -0.15) is 5.26 Å². The summed E-state index contributed by atoms with van der Waals surface area (Å²) in [4.78, 5) is 17.9. The van der Waals surface area contributed by atoms with Crippen molar-refractivity contribution in [3.8, 4) is 6.07 Å². The van der Waals surface area contributed by atoms with E-state index in [4.69, 9.17) is 17.3 Å². The van der Waals surface area contributed by atoms with Crippen molar-refractivity contribution in [1.82, 2.24) is 9.80 Å². The van der Waals surface area contributed by atoms with Gasteiger partial charge in [0.05, 0.1) is 22.3 Å². The molecule has 34 heavy (non-hydrogen) atoms. The fourth-order valence-corrected chi connectivity index (χ4v) is 5.48. The third-order valence-corrected chi connectivity index (χ3v) is 7.54. The Hall–Kier alpha value is -2.75. The molecular weight excluding hydrogens is 446 g/mol. The molecule has 1 saturated heterocycles. The number of nitrogens with two attached hydrogens (primary N) is 1. The van der Waals surface area contributed by atoms with Crippen molar-refractivity contribution >= 4 is 29.0 Å². The summed E-state index contributed by atoms with van der Waals surface area (Å²) in [7, 11) is 0. The van der Waals surface area contributed by atoms with Crippen LogP contribution in [0.1, 0.15) is 62.0 Å². The summed E-state index contributed by atoms with van der Waals surface area (Å²) in [6.45, 7) is 4.12. The number of likely N-dealkylation sites (tertiary alicyclic amines) is 1. The maximum atomic E-state index is 13.4. The average Bonchev–Trinajstić information content (AvgIpc) is 3.38. The van der Waals surface area contributed by atoms with Gasteiger partial charge >= 0.3 is 6.03 Å². The van der Waals surface area contributed by atoms with Gasteiger partial charge in [-0.3, -0.25) is 0 Å². The van der Waals surface area contributed by atoms with Gasteiger partial charge in [0.15, 0.2) is 0 Å². The molecule has 6 nitrogen and oxygen atoms in total. The van der Waals surface area contributed by atoms with Gasteiger partial charge in [-0.05, 0) is 106 Å². The molecule has 0 atom stereocenters. The lowest BCUT2D eigenvalue weighted by atomic mass is 9.81. The van der Waals surface area contributed by atoms with Crippen molar-refractivity contribution in [1.29, 1.82) is 5.26 Å². The number of carbonyl (C=O) groups is 1. The van der Waals surface area contributed by atoms with Gasteiger partial charge in [-0.1, -0.05) is 23.7 Å². The molecule has 1 aliphatic heterocycles. The van der Waals surface area contributed by atoms with Crippen molar-refractivity contribution < 1.29 is 4.79 Å². The highest BCUT2D eigenvalue weighted by Gasteiger charge is 2.30. The molecule has 2 amide bonds. The van der Waals surface area contributed by atoms with E-state index in [0.717, 1.165) is 45.2 Å². The number of urea groups is 1. The highest BCUT2D eigenvalue weighted by atomic mass is 35.5. The van der Waals surface area contributed by atoms with Gasteiger partial charge in [0, 0.05) is 18.3 Å². The lowest BCUT2D eigenvalue weighted by Crippen LogP contribution is -2.45. The molecule has 1 saturated carbocycles. The average molecular weight is 480 g/mol. The summed E-state index contributed by atoms with van der Waals surface area (Å²) in [5.41, 5.74) is 8.93. The summed E-state index contributed by atoms with van der Waals surface area (Å²) in [6.07, 6.45) is 7.48. The fourth-order valence-electron chi connectivity index (χ4n) is 5.30. The van der Waals surface area contributed by atoms with E-state index in [1.165, 1.54) is 31.5 Å². The zero-order valence-electron chi connectivity index (χ0n) is 19.7. The summed E-state index contributed by atoms with van der Waals surface area (Å²) < 4.78 is 0. The van der Waals surface area contributed by atoms with Crippen molar-refractivity contribution in [3.05, 3.63) is 58.6 Å². The molecule has 7 heteroatoms. The minimum absolute atomic E-state index is 0.0720. The maximum Gasteiger partial charge on any atom is 0.322 e. The molecule has 0 radical (unpaired) electrons. The minimum Gasteiger partial charge on any atom is -0.398 e. The summed E-state index contributed by atoms with van der Waals surface area (Å²) in [5, 5.41) is 12.7. The summed E-state index contributed by atoms with van der Waals surface area (Å²) in [5.74, 6) is 0.440. The van der Waals surface area contributed by atoms with Crippen molar-refractivity contribution in [2.75, 3.05) is 37.2 Å². The molecule has 2 fully saturated rings. The van der Waals surface area contributed by atoms with Crippen LogP contribution >= 0.6 is 11.6 Å². The molecule has 2 aliphatic rings. The molecule has 2 aromatic rings. The molecule has 0 spiro atoms. The summed E-state index contributed by atoms with van der Waals surface area (Å²) >= 11 is 6.16. The first-order valence-corrected chi connectivity index (χ1v) is 12.8. The van der Waals surface area contributed by atoms with Crippen molar-refractivity contribution in [2.24, 2.45) is 0 Å². The smallest absolute Gasteiger partial charge is 0.322 e. The van der Waals surface area contributed by atoms with E-state index in [9.17, 15) is 10.1 Å². The van der Waals surface area contributed by atoms with Crippen LogP contribution in [0.4, 0.5) is 16.2 Å². The van der Waals surface area contributed by atoms with Gasteiger partial charge in [-0.15, -0.1) is 0 Å². The third-order valence-electron chi connectivity index (χ3n) is 7.21. The van der Waals surface area contributed by atoms with E-state index in [0.29, 0.717) is 27.9 Å². The van der Waals surface area contributed by atoms with Crippen molar-refractivity contribution in [3.63, 3.8) is 0 Å². The normalized spacial score (nSPS) is 20.6. The number of carbonyl (C=O) groups excluding carboxylic acids is 1. The number of nitriles is 1. The van der Waals surface area contributed by atoms with E-state index in [-0.39, 0.29) is 12.1 Å². The van der Waals surface area contributed by atoms with Gasteiger partial charge in [0.25, 0.3) is 0 Å². The molecule has 3 N–H and O–H groups in total. The molecule has 1 aliphatic carbocycles. The second kappa shape index (κ2) is 11.6. The SMILES string of the molecule is N#Cc1cccc(C2CCC(N(CCCN3CCCC3)C(=O)Nc3ccc(N)c(Cl)c3)CC2)c1. The largest absolute Gasteiger partial charge is 0.398 e. The number of nitrogens with zero attached hydrogens (tertiary/aromatic N) is 3. The fraction of sp³-hybridized carbons (Fsp3) is 0.481. The number of hydrogen-bond acceptors (Lipinski definition) is 4. The third kappa shape index (κ3) is 6.22. The zero-order valence-corrected chi connectivity index (χ0v) is 20.4. The number of hydrogen-bond donors (Lipinski definition) is 2. The van der Waals surface area contributed by atoms with Crippen LogP contribution in [0.5, 0.6) is 0 Å². The maximum absolute atomic E-state index is 13.4. The predicted molar refractivity (Wildman–Crippen MR) is 138 cm³/mol. The Morgan fingerprint density at radius 2 is 1.91 bits per heavy atom. The first kappa shape index (κ1) is 24.4. The first-order valence-electron chi connectivity index (χ1n) is 12.4. The Kier molecular flexibility index (Phi) is 8.31. The minimum atomic E-state index is -0.0720. The van der Waals surface area contributed by atoms with Crippen LogP contribution in [0.2, 0.25) is 5.02 Å². The van der Waals surface area contributed by atoms with Crippen LogP contribution in [0.15, 0.2) is 42.5 Å². The summed E-state index contributed by atoms with van der Waals surface area (Å²) in [6, 6.07) is 15.5. The van der Waals surface area contributed by atoms with E-state index in [1.54, 1.807) is 18.2 Å². The monoisotopic (exact) mass is 479 g/mol. The van der Waals surface area contributed by atoms with Gasteiger partial charge in [0.2, 0.25) is 0 Å². The number of rotatable bonds is 7. The number of nitrogens with one attached hydrogen (secondary N) is 1. The van der Waals surface area contributed by atoms with Crippen molar-refractivity contribution in [2.45, 2.75) is 56.9 Å². The Labute approximate surface area is 207 Å². The number of anilines is 2. The van der Waals surface area contributed by atoms with Gasteiger partial charge in [0.1, 0.15) is 0 Å². The molecule has 1 heterocycles. The number of nitrogen functional groups attached to an aromatic ring is 1. The molecule has 0 aromatic heterocycles. The molecule has 0 bridgehead atoms. The topological polar surface area (TPSA) is 85.4 Å². The lowest BCUT2D eigenvalue weighted by Gasteiger charge is -2.37. The van der Waals surface area contributed by atoms with Crippen LogP contribution in [0.25, 0.3) is 0 Å². The standard InChI is InChI=1S/C27H34ClN5O/c28-25-18-23(9-12-26(25)30)31-27(34)33(16-4-15-32-13-1-2-14-32)24-10-7-21(8-11-24)22-6-3-5-20(17-22)19-29/h3,5-6,9,12,17-18,21,24H,1-2,4,7-8,10-11,13-16,30H2,(H,31,34). The molecule has 2 aromatic carbocycles. The van der Waals surface area contributed by atoms with Crippen LogP contribution < -0.4 is 11.1 Å². The highest BCUT2D eigenvalue weighted by Crippen LogP contribution is 2.35. The molecule has 180 valence electrons. The van der Waals surface area contributed by atoms with Crippen LogP contribution in [-0.2, 0) is 0 Å².